The molecule has 1 rings (SSSR count). The Morgan fingerprint density at radius 3 is 2.94 bits per heavy atom. The van der Waals surface area contributed by atoms with Gasteiger partial charge in [-0.3, -0.25) is 9.59 Å². The van der Waals surface area contributed by atoms with Crippen LogP contribution in [0.1, 0.15) is 24.3 Å². The van der Waals surface area contributed by atoms with Crippen LogP contribution in [-0.2, 0) is 9.59 Å². The maximum Gasteiger partial charge on any atom is 0.304 e. The maximum absolute atomic E-state index is 11.5. The van der Waals surface area contributed by atoms with Gasteiger partial charge < -0.3 is 10.4 Å². The molecule has 94 valence electrons. The topological polar surface area (TPSA) is 66.4 Å². The van der Waals surface area contributed by atoms with Crippen molar-refractivity contribution in [3.63, 3.8) is 0 Å². The number of carbonyl (C=O) groups is 2. The van der Waals surface area contributed by atoms with Crippen molar-refractivity contribution in [2.45, 2.75) is 19.4 Å². The van der Waals surface area contributed by atoms with Crippen LogP contribution in [0, 0.1) is 0 Å². The van der Waals surface area contributed by atoms with Gasteiger partial charge in [0.2, 0.25) is 5.91 Å². The van der Waals surface area contributed by atoms with Gasteiger partial charge in [0, 0.05) is 10.6 Å². The SMILES string of the molecule is C[C@H](NC(=O)CSCCC(=O)O)c1cccs1. The fourth-order valence-electron chi connectivity index (χ4n) is 1.22. The number of carbonyl (C=O) groups excluding carboxylic acids is 1. The summed E-state index contributed by atoms with van der Waals surface area (Å²) in [5.74, 6) is -0.106. The van der Waals surface area contributed by atoms with Gasteiger partial charge in [-0.15, -0.1) is 11.3 Å². The molecule has 1 amide bonds. The molecule has 0 aliphatic rings. The molecule has 1 heterocycles. The molecule has 0 bridgehead atoms. The Labute approximate surface area is 108 Å². The van der Waals surface area contributed by atoms with Crippen molar-refractivity contribution in [2.24, 2.45) is 0 Å². The van der Waals surface area contributed by atoms with Crippen LogP contribution in [-0.4, -0.2) is 28.5 Å². The number of carboxylic acid groups (broad SMARTS) is 1. The van der Waals surface area contributed by atoms with Gasteiger partial charge in [0.05, 0.1) is 18.2 Å². The average Bonchev–Trinajstić information content (AvgIpc) is 2.77. The van der Waals surface area contributed by atoms with Crippen LogP contribution < -0.4 is 5.32 Å². The quantitative estimate of drug-likeness (QED) is 0.747. The van der Waals surface area contributed by atoms with Crippen LogP contribution in [0.15, 0.2) is 17.5 Å². The smallest absolute Gasteiger partial charge is 0.304 e. The predicted octanol–water partition coefficient (Wildman–Crippen LogP) is 2.13. The van der Waals surface area contributed by atoms with Gasteiger partial charge in [0.15, 0.2) is 0 Å². The molecule has 6 heteroatoms. The number of thiophene rings is 1. The Morgan fingerprint density at radius 2 is 2.35 bits per heavy atom. The molecule has 17 heavy (non-hydrogen) atoms. The van der Waals surface area contributed by atoms with Gasteiger partial charge in [-0.2, -0.15) is 11.8 Å². The second-order valence-electron chi connectivity index (χ2n) is 3.50. The molecule has 0 saturated heterocycles. The summed E-state index contributed by atoms with van der Waals surface area (Å²) in [5.41, 5.74) is 0. The van der Waals surface area contributed by atoms with E-state index in [4.69, 9.17) is 5.11 Å². The van der Waals surface area contributed by atoms with E-state index in [1.165, 1.54) is 11.8 Å². The Morgan fingerprint density at radius 1 is 1.59 bits per heavy atom. The molecule has 0 saturated carbocycles. The Bertz CT molecular complexity index is 365. The molecule has 1 aromatic heterocycles. The van der Waals surface area contributed by atoms with Crippen molar-refractivity contribution >= 4 is 35.0 Å². The highest BCUT2D eigenvalue weighted by molar-refractivity contribution is 7.99. The van der Waals surface area contributed by atoms with Crippen LogP contribution in [0.2, 0.25) is 0 Å². The maximum atomic E-state index is 11.5. The molecule has 0 aliphatic carbocycles. The van der Waals surface area contributed by atoms with Crippen LogP contribution in [0.4, 0.5) is 0 Å². The van der Waals surface area contributed by atoms with E-state index in [1.807, 2.05) is 24.4 Å². The minimum atomic E-state index is -0.829. The lowest BCUT2D eigenvalue weighted by atomic mass is 10.3. The van der Waals surface area contributed by atoms with Crippen molar-refractivity contribution in [3.05, 3.63) is 22.4 Å². The molecule has 1 aromatic rings. The normalized spacial score (nSPS) is 12.1. The Kier molecular flexibility index (Phi) is 6.07. The first-order valence-corrected chi connectivity index (χ1v) is 7.25. The highest BCUT2D eigenvalue weighted by atomic mass is 32.2. The van der Waals surface area contributed by atoms with E-state index < -0.39 is 5.97 Å². The molecule has 1 atom stereocenters. The van der Waals surface area contributed by atoms with Gasteiger partial charge in [0.25, 0.3) is 0 Å². The third kappa shape index (κ3) is 5.74. The van der Waals surface area contributed by atoms with Gasteiger partial charge in [-0.05, 0) is 18.4 Å². The fraction of sp³-hybridized carbons (Fsp3) is 0.455. The zero-order chi connectivity index (χ0) is 12.7. The molecule has 0 aromatic carbocycles. The number of hydrogen-bond donors (Lipinski definition) is 2. The standard InChI is InChI=1S/C11H15NO3S2/c1-8(9-3-2-5-17-9)12-10(13)7-16-6-4-11(14)15/h2-3,5,8H,4,6-7H2,1H3,(H,12,13)(H,14,15)/t8-/m0/s1. The molecule has 2 N–H and O–H groups in total. The summed E-state index contributed by atoms with van der Waals surface area (Å²) in [5, 5.41) is 13.3. The van der Waals surface area contributed by atoms with E-state index in [2.05, 4.69) is 5.32 Å². The van der Waals surface area contributed by atoms with Gasteiger partial charge in [-0.25, -0.2) is 0 Å². The first-order chi connectivity index (χ1) is 8.09. The van der Waals surface area contributed by atoms with Crippen LogP contribution >= 0.6 is 23.1 Å². The second kappa shape index (κ2) is 7.34. The molecule has 4 nitrogen and oxygen atoms in total. The van der Waals surface area contributed by atoms with E-state index in [0.717, 1.165) is 4.88 Å². The predicted molar refractivity (Wildman–Crippen MR) is 70.5 cm³/mol. The Balaban J connectivity index is 2.19. The minimum absolute atomic E-state index is 0.0163. The summed E-state index contributed by atoms with van der Waals surface area (Å²) in [6.07, 6.45) is 0.0957. The van der Waals surface area contributed by atoms with Crippen LogP contribution in [0.5, 0.6) is 0 Å². The highest BCUT2D eigenvalue weighted by Crippen LogP contribution is 2.18. The average molecular weight is 273 g/mol. The monoisotopic (exact) mass is 273 g/mol. The summed E-state index contributed by atoms with van der Waals surface area (Å²) in [6.45, 7) is 1.94. The summed E-state index contributed by atoms with van der Waals surface area (Å²) in [7, 11) is 0. The fourth-order valence-corrected chi connectivity index (χ4v) is 2.68. The third-order valence-corrected chi connectivity index (χ3v) is 4.06. The number of rotatable bonds is 7. The molecular formula is C11H15NO3S2. The number of aliphatic carboxylic acids is 1. The summed E-state index contributed by atoms with van der Waals surface area (Å²) in [6, 6.07) is 3.94. The van der Waals surface area contributed by atoms with Gasteiger partial charge in [0.1, 0.15) is 0 Å². The lowest BCUT2D eigenvalue weighted by Gasteiger charge is -2.11. The van der Waals surface area contributed by atoms with Crippen LogP contribution in [0.3, 0.4) is 0 Å². The minimum Gasteiger partial charge on any atom is -0.481 e. The number of hydrogen-bond acceptors (Lipinski definition) is 4. The second-order valence-corrected chi connectivity index (χ2v) is 5.59. The van der Waals surface area contributed by atoms with Crippen LogP contribution in [0.25, 0.3) is 0 Å². The molecule has 0 spiro atoms. The van der Waals surface area contributed by atoms with Gasteiger partial charge in [-0.1, -0.05) is 6.07 Å². The lowest BCUT2D eigenvalue weighted by molar-refractivity contribution is -0.136. The van der Waals surface area contributed by atoms with E-state index >= 15 is 0 Å². The first-order valence-electron chi connectivity index (χ1n) is 5.22. The van der Waals surface area contributed by atoms with Crippen molar-refractivity contribution in [3.8, 4) is 0 Å². The number of nitrogens with one attached hydrogen (secondary N) is 1. The van der Waals surface area contributed by atoms with E-state index in [9.17, 15) is 9.59 Å². The summed E-state index contributed by atoms with van der Waals surface area (Å²) in [4.78, 5) is 22.9. The number of carboxylic acids is 1. The van der Waals surface area contributed by atoms with Gasteiger partial charge >= 0.3 is 5.97 Å². The number of thioether (sulfide) groups is 1. The van der Waals surface area contributed by atoms with Crippen molar-refractivity contribution < 1.29 is 14.7 Å². The summed E-state index contributed by atoms with van der Waals surface area (Å²) >= 11 is 2.95. The van der Waals surface area contributed by atoms with E-state index in [1.54, 1.807) is 11.3 Å². The van der Waals surface area contributed by atoms with Crippen molar-refractivity contribution in [2.75, 3.05) is 11.5 Å². The van der Waals surface area contributed by atoms with E-state index in [0.29, 0.717) is 11.5 Å². The van der Waals surface area contributed by atoms with Crippen molar-refractivity contribution in [1.29, 1.82) is 0 Å². The number of amides is 1. The third-order valence-electron chi connectivity index (χ3n) is 2.04. The lowest BCUT2D eigenvalue weighted by Crippen LogP contribution is -2.27. The molecule has 0 unspecified atom stereocenters. The molecule has 0 radical (unpaired) electrons. The molecule has 0 aliphatic heterocycles. The summed E-state index contributed by atoms with van der Waals surface area (Å²) < 4.78 is 0. The molecule has 0 fully saturated rings. The van der Waals surface area contributed by atoms with E-state index in [-0.39, 0.29) is 18.4 Å². The largest absolute Gasteiger partial charge is 0.481 e. The highest BCUT2D eigenvalue weighted by Gasteiger charge is 2.10. The van der Waals surface area contributed by atoms with Crippen molar-refractivity contribution in [1.82, 2.24) is 5.32 Å². The molecular weight excluding hydrogens is 258 g/mol. The first kappa shape index (κ1) is 14.1. The zero-order valence-corrected chi connectivity index (χ0v) is 11.1. The zero-order valence-electron chi connectivity index (χ0n) is 9.51. The Hall–Kier alpha value is -1.01.